The minimum absolute atomic E-state index is 0.0847. The number of alkyl halides is 6. The topological polar surface area (TPSA) is 41.6 Å². The number of hydrogen-bond donors (Lipinski definition) is 1. The smallest absolute Gasteiger partial charge is 0.262 e. The van der Waals surface area contributed by atoms with Gasteiger partial charge in [0, 0.05) is 5.92 Å². The summed E-state index contributed by atoms with van der Waals surface area (Å²) in [6, 6.07) is 0. The van der Waals surface area contributed by atoms with E-state index >= 15 is 0 Å². The predicted octanol–water partition coefficient (Wildman–Crippen LogP) is 3.14. The van der Waals surface area contributed by atoms with Gasteiger partial charge in [-0.25, -0.2) is 4.98 Å². The normalized spacial score (nSPS) is 13.8. The van der Waals surface area contributed by atoms with Gasteiger partial charge in [-0.15, -0.1) is 0 Å². The van der Waals surface area contributed by atoms with Gasteiger partial charge >= 0.3 is 12.4 Å². The van der Waals surface area contributed by atoms with Crippen LogP contribution < -0.4 is 0 Å². The average molecular weight is 261 g/mol. The molecule has 0 fully saturated rings. The van der Waals surface area contributed by atoms with E-state index in [1.807, 2.05) is 0 Å². The second-order valence-electron chi connectivity index (χ2n) is 3.75. The van der Waals surface area contributed by atoms with Crippen molar-refractivity contribution in [2.45, 2.75) is 38.0 Å². The number of rotatable bonds is 2. The van der Waals surface area contributed by atoms with Crippen LogP contribution in [0.3, 0.4) is 0 Å². The van der Waals surface area contributed by atoms with Crippen molar-refractivity contribution in [3.8, 4) is 0 Å². The number of nitrogens with zero attached hydrogens (tertiary/aromatic N) is 2. The first-order valence-corrected chi connectivity index (χ1v) is 4.59. The lowest BCUT2D eigenvalue weighted by atomic mass is 10.1. The Kier molecular flexibility index (Phi) is 3.40. The van der Waals surface area contributed by atoms with E-state index in [2.05, 4.69) is 10.1 Å². The summed E-state index contributed by atoms with van der Waals surface area (Å²) < 4.78 is 73.8. The molecule has 1 aromatic heterocycles. The van der Waals surface area contributed by atoms with Crippen LogP contribution in [0.5, 0.6) is 0 Å². The van der Waals surface area contributed by atoms with Crippen LogP contribution in [0.15, 0.2) is 0 Å². The summed E-state index contributed by atoms with van der Waals surface area (Å²) in [5.74, 6) is -5.30. The zero-order valence-electron chi connectivity index (χ0n) is 8.82. The lowest BCUT2D eigenvalue weighted by Crippen LogP contribution is -2.35. The first-order valence-electron chi connectivity index (χ1n) is 4.59. The molecule has 0 amide bonds. The van der Waals surface area contributed by atoms with Crippen LogP contribution in [-0.2, 0) is 0 Å². The van der Waals surface area contributed by atoms with Gasteiger partial charge in [-0.1, -0.05) is 13.8 Å². The maximum absolute atomic E-state index is 12.3. The van der Waals surface area contributed by atoms with Crippen LogP contribution in [0.2, 0.25) is 0 Å². The van der Waals surface area contributed by atoms with Crippen molar-refractivity contribution in [1.82, 2.24) is 15.2 Å². The van der Waals surface area contributed by atoms with Crippen molar-refractivity contribution < 1.29 is 26.3 Å². The summed E-state index contributed by atoms with van der Waals surface area (Å²) in [7, 11) is 0. The molecule has 0 unspecified atom stereocenters. The standard InChI is InChI=1S/C8H9F6N3/c1-3(2)5-15-6(17-16-5)4(7(9,10)11)8(12,13)14/h3-4H,1-2H3,(H,15,16,17). The number of halogens is 6. The van der Waals surface area contributed by atoms with Gasteiger partial charge in [-0.05, 0) is 0 Å². The van der Waals surface area contributed by atoms with Crippen molar-refractivity contribution in [2.75, 3.05) is 0 Å². The molecule has 0 aromatic carbocycles. The Bertz CT molecular complexity index is 363. The summed E-state index contributed by atoms with van der Waals surface area (Å²) in [5.41, 5.74) is 0. The van der Waals surface area contributed by atoms with Crippen molar-refractivity contribution in [3.05, 3.63) is 11.6 Å². The third-order valence-electron chi connectivity index (χ3n) is 1.96. The Morgan fingerprint density at radius 1 is 1.00 bits per heavy atom. The van der Waals surface area contributed by atoms with E-state index in [9.17, 15) is 26.3 Å². The number of H-pyrrole nitrogens is 1. The van der Waals surface area contributed by atoms with Gasteiger partial charge in [0.25, 0.3) is 0 Å². The summed E-state index contributed by atoms with van der Waals surface area (Å²) in [4.78, 5) is 3.24. The maximum atomic E-state index is 12.3. The molecule has 98 valence electrons. The van der Waals surface area contributed by atoms with Gasteiger partial charge in [0.2, 0.25) is 5.92 Å². The summed E-state index contributed by atoms with van der Waals surface area (Å²) >= 11 is 0. The summed E-state index contributed by atoms with van der Waals surface area (Å²) in [6.45, 7) is 3.12. The molecule has 0 aliphatic rings. The van der Waals surface area contributed by atoms with Crippen LogP contribution in [-0.4, -0.2) is 27.5 Å². The second kappa shape index (κ2) is 4.19. The molecule has 0 saturated carbocycles. The van der Waals surface area contributed by atoms with Crippen LogP contribution in [0.4, 0.5) is 26.3 Å². The van der Waals surface area contributed by atoms with E-state index in [0.717, 1.165) is 0 Å². The van der Waals surface area contributed by atoms with Crippen molar-refractivity contribution in [3.63, 3.8) is 0 Å². The zero-order chi connectivity index (χ0) is 13.4. The van der Waals surface area contributed by atoms with E-state index in [-0.39, 0.29) is 11.7 Å². The van der Waals surface area contributed by atoms with E-state index in [0.29, 0.717) is 0 Å². The van der Waals surface area contributed by atoms with Crippen LogP contribution in [0.25, 0.3) is 0 Å². The average Bonchev–Trinajstić information content (AvgIpc) is 2.46. The van der Waals surface area contributed by atoms with Gasteiger partial charge < -0.3 is 0 Å². The van der Waals surface area contributed by atoms with Crippen LogP contribution in [0.1, 0.15) is 37.3 Å². The van der Waals surface area contributed by atoms with Gasteiger partial charge in [-0.3, -0.25) is 5.10 Å². The molecule has 3 nitrogen and oxygen atoms in total. The van der Waals surface area contributed by atoms with Crippen LogP contribution in [0, 0.1) is 0 Å². The monoisotopic (exact) mass is 261 g/mol. The van der Waals surface area contributed by atoms with Crippen molar-refractivity contribution >= 4 is 0 Å². The predicted molar refractivity (Wildman–Crippen MR) is 45.3 cm³/mol. The Labute approximate surface area is 92.2 Å². The van der Waals surface area contributed by atoms with E-state index in [4.69, 9.17) is 0 Å². The Hall–Kier alpha value is -1.28. The molecule has 1 aromatic rings. The highest BCUT2D eigenvalue weighted by Gasteiger charge is 2.59. The van der Waals surface area contributed by atoms with Gasteiger partial charge in [0.1, 0.15) is 5.82 Å². The number of aromatic amines is 1. The number of nitrogens with one attached hydrogen (secondary N) is 1. The first kappa shape index (κ1) is 13.8. The molecule has 0 bridgehead atoms. The summed E-state index contributed by atoms with van der Waals surface area (Å²) in [6.07, 6.45) is -10.9. The van der Waals surface area contributed by atoms with E-state index in [1.54, 1.807) is 18.9 Å². The van der Waals surface area contributed by atoms with Gasteiger partial charge in [0.05, 0.1) is 0 Å². The molecule has 0 radical (unpaired) electrons. The molecule has 17 heavy (non-hydrogen) atoms. The Morgan fingerprint density at radius 3 is 1.76 bits per heavy atom. The SMILES string of the molecule is CC(C)c1n[nH]c(C(C(F)(F)F)C(F)(F)F)n1. The molecule has 0 spiro atoms. The molecular weight excluding hydrogens is 252 g/mol. The largest absolute Gasteiger partial charge is 0.407 e. The molecule has 0 aliphatic heterocycles. The molecule has 1 N–H and O–H groups in total. The molecule has 0 saturated heterocycles. The number of hydrogen-bond acceptors (Lipinski definition) is 2. The molecule has 0 aliphatic carbocycles. The van der Waals surface area contributed by atoms with Gasteiger partial charge in [0.15, 0.2) is 5.82 Å². The van der Waals surface area contributed by atoms with Gasteiger partial charge in [-0.2, -0.15) is 31.4 Å². The highest BCUT2D eigenvalue weighted by Crippen LogP contribution is 2.45. The van der Waals surface area contributed by atoms with E-state index in [1.165, 1.54) is 0 Å². The minimum atomic E-state index is -5.45. The van der Waals surface area contributed by atoms with Crippen molar-refractivity contribution in [2.24, 2.45) is 0 Å². The van der Waals surface area contributed by atoms with Crippen LogP contribution >= 0.6 is 0 Å². The fourth-order valence-electron chi connectivity index (χ4n) is 1.17. The molecule has 0 atom stereocenters. The minimum Gasteiger partial charge on any atom is -0.262 e. The molecule has 1 heterocycles. The fraction of sp³-hybridized carbons (Fsp3) is 0.750. The third-order valence-corrected chi connectivity index (χ3v) is 1.96. The Balaban J connectivity index is 3.15. The Morgan fingerprint density at radius 2 is 1.47 bits per heavy atom. The fourth-order valence-corrected chi connectivity index (χ4v) is 1.17. The number of aromatic nitrogens is 3. The van der Waals surface area contributed by atoms with E-state index < -0.39 is 24.1 Å². The first-order chi connectivity index (χ1) is 7.53. The third kappa shape index (κ3) is 3.10. The van der Waals surface area contributed by atoms with Crippen molar-refractivity contribution in [1.29, 1.82) is 0 Å². The highest BCUT2D eigenvalue weighted by molar-refractivity contribution is 5.06. The lowest BCUT2D eigenvalue weighted by molar-refractivity contribution is -0.255. The quantitative estimate of drug-likeness (QED) is 0.831. The highest BCUT2D eigenvalue weighted by atomic mass is 19.4. The zero-order valence-corrected chi connectivity index (χ0v) is 8.82. The molecular formula is C8H9F6N3. The molecule has 1 rings (SSSR count). The lowest BCUT2D eigenvalue weighted by Gasteiger charge is -2.20. The maximum Gasteiger partial charge on any atom is 0.407 e. The second-order valence-corrected chi connectivity index (χ2v) is 3.75. The molecule has 9 heteroatoms. The summed E-state index contributed by atoms with van der Waals surface area (Å²) in [5, 5.41) is 5.03.